The van der Waals surface area contributed by atoms with Gasteiger partial charge >= 0.3 is 0 Å². The topological polar surface area (TPSA) is 90.0 Å². The Morgan fingerprint density at radius 2 is 2.14 bits per heavy atom. The summed E-state index contributed by atoms with van der Waals surface area (Å²) in [6, 6.07) is 3.28. The standard InChI is InChI=1S/C13H17FN4O2S/c14-11-3-4-12(15)13(9-11)21(19,20)17-5-1-2-7-18-8-6-16-10-18/h3-4,6,8-10,17H,1-2,5,7,15H2. The molecule has 0 bridgehead atoms. The fraction of sp³-hybridized carbons (Fsp3) is 0.308. The number of nitrogens with two attached hydrogens (primary N) is 1. The van der Waals surface area contributed by atoms with Gasteiger partial charge in [-0.1, -0.05) is 0 Å². The molecule has 0 saturated carbocycles. The van der Waals surface area contributed by atoms with Crippen LogP contribution in [0.1, 0.15) is 12.8 Å². The lowest BCUT2D eigenvalue weighted by Crippen LogP contribution is -2.26. The van der Waals surface area contributed by atoms with Gasteiger partial charge < -0.3 is 10.3 Å². The molecule has 0 spiro atoms. The highest BCUT2D eigenvalue weighted by molar-refractivity contribution is 7.89. The van der Waals surface area contributed by atoms with E-state index in [-0.39, 0.29) is 17.1 Å². The Kier molecular flexibility index (Phi) is 4.92. The van der Waals surface area contributed by atoms with Crippen LogP contribution in [0.25, 0.3) is 0 Å². The average molecular weight is 312 g/mol. The van der Waals surface area contributed by atoms with E-state index in [1.54, 1.807) is 12.5 Å². The van der Waals surface area contributed by atoms with Gasteiger partial charge in [0.05, 0.1) is 12.0 Å². The zero-order chi connectivity index (χ0) is 15.3. The van der Waals surface area contributed by atoms with Crippen LogP contribution in [0.4, 0.5) is 10.1 Å². The summed E-state index contributed by atoms with van der Waals surface area (Å²) in [5, 5.41) is 0. The third kappa shape index (κ3) is 4.27. The van der Waals surface area contributed by atoms with Crippen molar-refractivity contribution in [2.24, 2.45) is 0 Å². The molecule has 1 heterocycles. The van der Waals surface area contributed by atoms with Gasteiger partial charge in [0.15, 0.2) is 0 Å². The van der Waals surface area contributed by atoms with E-state index in [9.17, 15) is 12.8 Å². The zero-order valence-electron chi connectivity index (χ0n) is 11.4. The summed E-state index contributed by atoms with van der Waals surface area (Å²) < 4.78 is 41.5. The predicted octanol–water partition coefficient (Wildman–Crippen LogP) is 1.36. The van der Waals surface area contributed by atoms with E-state index in [0.717, 1.165) is 25.1 Å². The molecule has 0 aliphatic carbocycles. The first-order valence-corrected chi connectivity index (χ1v) is 7.98. The molecule has 21 heavy (non-hydrogen) atoms. The van der Waals surface area contributed by atoms with E-state index >= 15 is 0 Å². The molecule has 6 nitrogen and oxygen atoms in total. The number of aryl methyl sites for hydroxylation is 1. The van der Waals surface area contributed by atoms with Crippen LogP contribution in [0.5, 0.6) is 0 Å². The molecule has 0 amide bonds. The van der Waals surface area contributed by atoms with Gasteiger partial charge in [-0.3, -0.25) is 0 Å². The number of imidazole rings is 1. The highest BCUT2D eigenvalue weighted by atomic mass is 32.2. The maximum atomic E-state index is 13.1. The number of hydrogen-bond acceptors (Lipinski definition) is 4. The van der Waals surface area contributed by atoms with Crippen LogP contribution < -0.4 is 10.5 Å². The van der Waals surface area contributed by atoms with Gasteiger partial charge in [-0.15, -0.1) is 0 Å². The van der Waals surface area contributed by atoms with Crippen LogP contribution in [0.15, 0.2) is 41.8 Å². The molecule has 8 heteroatoms. The summed E-state index contributed by atoms with van der Waals surface area (Å²) in [6.07, 6.45) is 6.70. The van der Waals surface area contributed by atoms with Crippen molar-refractivity contribution in [3.8, 4) is 0 Å². The van der Waals surface area contributed by atoms with Gasteiger partial charge in [0, 0.05) is 25.5 Å². The average Bonchev–Trinajstić information content (AvgIpc) is 2.94. The van der Waals surface area contributed by atoms with Gasteiger partial charge in [0.25, 0.3) is 0 Å². The second-order valence-electron chi connectivity index (χ2n) is 4.59. The number of unbranched alkanes of at least 4 members (excludes halogenated alkanes) is 1. The van der Waals surface area contributed by atoms with E-state index in [4.69, 9.17) is 5.73 Å². The number of nitrogens with one attached hydrogen (secondary N) is 1. The van der Waals surface area contributed by atoms with Crippen LogP contribution in [0.3, 0.4) is 0 Å². The minimum Gasteiger partial charge on any atom is -0.398 e. The molecule has 0 atom stereocenters. The first-order chi connectivity index (χ1) is 9.99. The molecule has 0 unspecified atom stereocenters. The van der Waals surface area contributed by atoms with Crippen molar-refractivity contribution in [1.82, 2.24) is 14.3 Å². The van der Waals surface area contributed by atoms with Crippen LogP contribution in [0, 0.1) is 5.82 Å². The first kappa shape index (κ1) is 15.5. The van der Waals surface area contributed by atoms with E-state index in [0.29, 0.717) is 6.42 Å². The van der Waals surface area contributed by atoms with Crippen LogP contribution >= 0.6 is 0 Å². The summed E-state index contributed by atoms with van der Waals surface area (Å²) >= 11 is 0. The van der Waals surface area contributed by atoms with Crippen LogP contribution in [0.2, 0.25) is 0 Å². The Balaban J connectivity index is 1.85. The fourth-order valence-corrected chi connectivity index (χ4v) is 3.08. The largest absolute Gasteiger partial charge is 0.398 e. The lowest BCUT2D eigenvalue weighted by molar-refractivity contribution is 0.564. The maximum Gasteiger partial charge on any atom is 0.242 e. The van der Waals surface area contributed by atoms with Crippen molar-refractivity contribution in [3.05, 3.63) is 42.7 Å². The monoisotopic (exact) mass is 312 g/mol. The third-order valence-electron chi connectivity index (χ3n) is 2.96. The third-order valence-corrected chi connectivity index (χ3v) is 4.48. The van der Waals surface area contributed by atoms with Crippen molar-refractivity contribution in [1.29, 1.82) is 0 Å². The summed E-state index contributed by atoms with van der Waals surface area (Å²) in [6.45, 7) is 1.04. The SMILES string of the molecule is Nc1ccc(F)cc1S(=O)(=O)NCCCCn1ccnc1. The molecule has 1 aromatic heterocycles. The van der Waals surface area contributed by atoms with Crippen molar-refractivity contribution < 1.29 is 12.8 Å². The molecular weight excluding hydrogens is 295 g/mol. The molecule has 3 N–H and O–H groups in total. The summed E-state index contributed by atoms with van der Waals surface area (Å²) in [4.78, 5) is 3.70. The Morgan fingerprint density at radius 3 is 2.86 bits per heavy atom. The van der Waals surface area contributed by atoms with Crippen LogP contribution in [-0.4, -0.2) is 24.5 Å². The van der Waals surface area contributed by atoms with Crippen molar-refractivity contribution in [2.45, 2.75) is 24.3 Å². The number of benzene rings is 1. The minimum absolute atomic E-state index is 0.0299. The minimum atomic E-state index is -3.78. The Morgan fingerprint density at radius 1 is 1.33 bits per heavy atom. The number of nitrogens with zero attached hydrogens (tertiary/aromatic N) is 2. The van der Waals surface area contributed by atoms with Crippen molar-refractivity contribution >= 4 is 15.7 Å². The molecule has 0 aliphatic heterocycles. The van der Waals surface area contributed by atoms with E-state index in [1.807, 2.05) is 10.8 Å². The number of aromatic nitrogens is 2. The summed E-state index contributed by atoms with van der Waals surface area (Å²) in [5.41, 5.74) is 5.60. The van der Waals surface area contributed by atoms with E-state index < -0.39 is 15.8 Å². The number of anilines is 1. The predicted molar refractivity (Wildman–Crippen MR) is 77.5 cm³/mol. The van der Waals surface area contributed by atoms with Gasteiger partial charge in [-0.05, 0) is 31.0 Å². The fourth-order valence-electron chi connectivity index (χ4n) is 1.86. The number of halogens is 1. The van der Waals surface area contributed by atoms with E-state index in [1.165, 1.54) is 6.07 Å². The lowest BCUT2D eigenvalue weighted by Gasteiger charge is -2.09. The molecular formula is C13H17FN4O2S. The summed E-state index contributed by atoms with van der Waals surface area (Å²) in [5.74, 6) is -0.635. The molecule has 0 aliphatic rings. The highest BCUT2D eigenvalue weighted by Crippen LogP contribution is 2.18. The van der Waals surface area contributed by atoms with Gasteiger partial charge in [-0.2, -0.15) is 0 Å². The Bertz CT molecular complexity index is 686. The quantitative estimate of drug-likeness (QED) is 0.597. The molecule has 2 rings (SSSR count). The second-order valence-corrected chi connectivity index (χ2v) is 6.32. The first-order valence-electron chi connectivity index (χ1n) is 6.49. The van der Waals surface area contributed by atoms with Crippen molar-refractivity contribution in [3.63, 3.8) is 0 Å². The normalized spacial score (nSPS) is 11.7. The van der Waals surface area contributed by atoms with Crippen LogP contribution in [-0.2, 0) is 16.6 Å². The molecule has 1 aromatic carbocycles. The molecule has 0 saturated heterocycles. The highest BCUT2D eigenvalue weighted by Gasteiger charge is 2.17. The molecule has 0 fully saturated rings. The smallest absolute Gasteiger partial charge is 0.242 e. The zero-order valence-corrected chi connectivity index (χ0v) is 12.2. The summed E-state index contributed by atoms with van der Waals surface area (Å²) in [7, 11) is -3.78. The van der Waals surface area contributed by atoms with E-state index in [2.05, 4.69) is 9.71 Å². The second kappa shape index (κ2) is 6.68. The number of sulfonamides is 1. The van der Waals surface area contributed by atoms with Gasteiger partial charge in [0.1, 0.15) is 10.7 Å². The Hall–Kier alpha value is -1.93. The van der Waals surface area contributed by atoms with Gasteiger partial charge in [0.2, 0.25) is 10.0 Å². The number of rotatable bonds is 7. The maximum absolute atomic E-state index is 13.1. The molecule has 0 radical (unpaired) electrons. The van der Waals surface area contributed by atoms with Gasteiger partial charge in [-0.25, -0.2) is 22.5 Å². The molecule has 2 aromatic rings. The lowest BCUT2D eigenvalue weighted by atomic mass is 10.3. The molecule has 114 valence electrons. The number of hydrogen-bond donors (Lipinski definition) is 2. The number of nitrogen functional groups attached to an aromatic ring is 1. The van der Waals surface area contributed by atoms with Crippen molar-refractivity contribution in [2.75, 3.05) is 12.3 Å². The Labute approximate surface area is 122 Å².